The number of carbonyl (C=O) groups is 1. The Morgan fingerprint density at radius 2 is 1.92 bits per heavy atom. The summed E-state index contributed by atoms with van der Waals surface area (Å²) < 4.78 is 5.20. The summed E-state index contributed by atoms with van der Waals surface area (Å²) in [6.07, 6.45) is 1.55. The molecule has 26 heavy (non-hydrogen) atoms. The Balaban J connectivity index is 1.76. The minimum atomic E-state index is -0.284. The van der Waals surface area contributed by atoms with E-state index in [9.17, 15) is 4.79 Å². The number of hydrogen-bond acceptors (Lipinski definition) is 5. The van der Waals surface area contributed by atoms with Crippen LogP contribution in [0.1, 0.15) is 21.6 Å². The molecule has 0 aliphatic heterocycles. The van der Waals surface area contributed by atoms with E-state index in [4.69, 9.17) is 4.74 Å². The number of rotatable bonds is 5. The molecule has 6 nitrogen and oxygen atoms in total. The lowest BCUT2D eigenvalue weighted by Gasteiger charge is -2.10. The maximum absolute atomic E-state index is 12.5. The average molecular weight is 348 g/mol. The van der Waals surface area contributed by atoms with Crippen LogP contribution in [-0.4, -0.2) is 23.0 Å². The Morgan fingerprint density at radius 3 is 2.69 bits per heavy atom. The lowest BCUT2D eigenvalue weighted by Crippen LogP contribution is -2.15. The summed E-state index contributed by atoms with van der Waals surface area (Å²) in [4.78, 5) is 21.0. The van der Waals surface area contributed by atoms with Gasteiger partial charge in [-0.2, -0.15) is 0 Å². The first-order valence-electron chi connectivity index (χ1n) is 8.18. The van der Waals surface area contributed by atoms with Crippen molar-refractivity contribution in [3.63, 3.8) is 0 Å². The van der Waals surface area contributed by atoms with E-state index in [0.29, 0.717) is 5.95 Å². The van der Waals surface area contributed by atoms with E-state index < -0.39 is 0 Å². The number of benzene rings is 2. The number of aromatic nitrogens is 2. The normalized spacial score (nSPS) is 10.3. The maximum Gasteiger partial charge on any atom is 0.274 e. The molecule has 0 bridgehead atoms. The summed E-state index contributed by atoms with van der Waals surface area (Å²) in [6.45, 7) is 3.97. The number of hydrogen-bond donors (Lipinski definition) is 2. The second-order valence-electron chi connectivity index (χ2n) is 5.89. The van der Waals surface area contributed by atoms with E-state index in [1.165, 1.54) is 0 Å². The first kappa shape index (κ1) is 17.4. The summed E-state index contributed by atoms with van der Waals surface area (Å²) in [5.41, 5.74) is 3.97. The van der Waals surface area contributed by atoms with Gasteiger partial charge in [0.25, 0.3) is 5.91 Å². The number of methoxy groups -OCH3 is 1. The van der Waals surface area contributed by atoms with E-state index in [1.54, 1.807) is 19.4 Å². The third-order valence-corrected chi connectivity index (χ3v) is 3.84. The number of amides is 1. The smallest absolute Gasteiger partial charge is 0.274 e. The fourth-order valence-electron chi connectivity index (χ4n) is 2.52. The molecule has 3 aromatic rings. The highest BCUT2D eigenvalue weighted by Crippen LogP contribution is 2.20. The number of ether oxygens (including phenoxy) is 1. The van der Waals surface area contributed by atoms with Crippen LogP contribution in [0.3, 0.4) is 0 Å². The van der Waals surface area contributed by atoms with Gasteiger partial charge in [0, 0.05) is 23.6 Å². The molecule has 1 heterocycles. The molecule has 0 saturated heterocycles. The third kappa shape index (κ3) is 4.16. The molecule has 0 radical (unpaired) electrons. The summed E-state index contributed by atoms with van der Waals surface area (Å²) in [6, 6.07) is 14.8. The highest BCUT2D eigenvalue weighted by molar-refractivity contribution is 6.03. The van der Waals surface area contributed by atoms with Crippen LogP contribution >= 0.6 is 0 Å². The Morgan fingerprint density at radius 1 is 1.08 bits per heavy atom. The molecule has 0 aliphatic rings. The van der Waals surface area contributed by atoms with Gasteiger partial charge in [0.15, 0.2) is 0 Å². The van der Waals surface area contributed by atoms with E-state index >= 15 is 0 Å². The fourth-order valence-corrected chi connectivity index (χ4v) is 2.52. The van der Waals surface area contributed by atoms with Crippen LogP contribution in [0.5, 0.6) is 5.75 Å². The number of anilines is 3. The molecular formula is C20H20N4O2. The van der Waals surface area contributed by atoms with Crippen molar-refractivity contribution < 1.29 is 9.53 Å². The van der Waals surface area contributed by atoms with E-state index in [0.717, 1.165) is 28.3 Å². The number of nitrogens with zero attached hydrogens (tertiary/aromatic N) is 2. The van der Waals surface area contributed by atoms with E-state index in [-0.39, 0.29) is 11.6 Å². The van der Waals surface area contributed by atoms with Gasteiger partial charge in [-0.05, 0) is 43.7 Å². The molecule has 0 spiro atoms. The van der Waals surface area contributed by atoms with Crippen molar-refractivity contribution in [2.45, 2.75) is 13.8 Å². The van der Waals surface area contributed by atoms with Crippen molar-refractivity contribution >= 4 is 23.2 Å². The molecule has 2 N–H and O–H groups in total. The molecular weight excluding hydrogens is 328 g/mol. The SMILES string of the molecule is COc1cccc(Nc2nccc(C(=O)Nc3ccc(C)cc3C)n2)c1. The van der Waals surface area contributed by atoms with Gasteiger partial charge < -0.3 is 15.4 Å². The molecule has 1 amide bonds. The number of carbonyl (C=O) groups excluding carboxylic acids is 1. The third-order valence-electron chi connectivity index (χ3n) is 3.84. The quantitative estimate of drug-likeness (QED) is 0.726. The van der Waals surface area contributed by atoms with Crippen LogP contribution in [-0.2, 0) is 0 Å². The second kappa shape index (κ2) is 7.65. The predicted molar refractivity (Wildman–Crippen MR) is 102 cm³/mol. The monoisotopic (exact) mass is 348 g/mol. The predicted octanol–water partition coefficient (Wildman–Crippen LogP) is 4.10. The zero-order valence-corrected chi connectivity index (χ0v) is 14.9. The zero-order valence-electron chi connectivity index (χ0n) is 14.9. The minimum Gasteiger partial charge on any atom is -0.497 e. The fraction of sp³-hybridized carbons (Fsp3) is 0.150. The molecule has 0 fully saturated rings. The van der Waals surface area contributed by atoms with Crippen LogP contribution in [0.4, 0.5) is 17.3 Å². The minimum absolute atomic E-state index is 0.283. The lowest BCUT2D eigenvalue weighted by molar-refractivity contribution is 0.102. The topological polar surface area (TPSA) is 76.1 Å². The molecule has 132 valence electrons. The highest BCUT2D eigenvalue weighted by Gasteiger charge is 2.11. The summed E-state index contributed by atoms with van der Waals surface area (Å²) in [5, 5.41) is 5.96. The molecule has 1 aromatic heterocycles. The Hall–Kier alpha value is -3.41. The van der Waals surface area contributed by atoms with Crippen molar-refractivity contribution in [1.82, 2.24) is 9.97 Å². The Labute approximate surface area is 152 Å². The van der Waals surface area contributed by atoms with Gasteiger partial charge in [0.2, 0.25) is 5.95 Å². The van der Waals surface area contributed by atoms with Crippen LogP contribution in [0, 0.1) is 13.8 Å². The van der Waals surface area contributed by atoms with Gasteiger partial charge in [-0.1, -0.05) is 23.8 Å². The second-order valence-corrected chi connectivity index (χ2v) is 5.89. The Bertz CT molecular complexity index is 941. The van der Waals surface area contributed by atoms with Gasteiger partial charge in [-0.15, -0.1) is 0 Å². The summed E-state index contributed by atoms with van der Waals surface area (Å²) >= 11 is 0. The first-order valence-corrected chi connectivity index (χ1v) is 8.18. The van der Waals surface area contributed by atoms with E-state index in [2.05, 4.69) is 20.6 Å². The summed E-state index contributed by atoms with van der Waals surface area (Å²) in [7, 11) is 1.60. The highest BCUT2D eigenvalue weighted by atomic mass is 16.5. The average Bonchev–Trinajstić information content (AvgIpc) is 2.64. The van der Waals surface area contributed by atoms with Crippen molar-refractivity contribution in [2.75, 3.05) is 17.7 Å². The van der Waals surface area contributed by atoms with Gasteiger partial charge in [-0.3, -0.25) is 4.79 Å². The summed E-state index contributed by atoms with van der Waals surface area (Å²) in [5.74, 6) is 0.776. The van der Waals surface area contributed by atoms with Crippen LogP contribution in [0.2, 0.25) is 0 Å². The van der Waals surface area contributed by atoms with Gasteiger partial charge in [0.05, 0.1) is 7.11 Å². The van der Waals surface area contributed by atoms with Gasteiger partial charge in [-0.25, -0.2) is 9.97 Å². The number of aryl methyl sites for hydroxylation is 2. The molecule has 0 atom stereocenters. The molecule has 3 rings (SSSR count). The van der Waals surface area contributed by atoms with Crippen molar-refractivity contribution in [3.8, 4) is 5.75 Å². The van der Waals surface area contributed by atoms with Crippen molar-refractivity contribution in [2.24, 2.45) is 0 Å². The van der Waals surface area contributed by atoms with Gasteiger partial charge >= 0.3 is 0 Å². The lowest BCUT2D eigenvalue weighted by atomic mass is 10.1. The molecule has 0 aliphatic carbocycles. The van der Waals surface area contributed by atoms with Crippen LogP contribution in [0.15, 0.2) is 54.7 Å². The zero-order chi connectivity index (χ0) is 18.5. The first-order chi connectivity index (χ1) is 12.5. The van der Waals surface area contributed by atoms with Crippen molar-refractivity contribution in [1.29, 1.82) is 0 Å². The van der Waals surface area contributed by atoms with Crippen molar-refractivity contribution in [3.05, 3.63) is 71.5 Å². The van der Waals surface area contributed by atoms with E-state index in [1.807, 2.05) is 56.3 Å². The largest absolute Gasteiger partial charge is 0.497 e. The molecule has 0 unspecified atom stereocenters. The molecule has 2 aromatic carbocycles. The van der Waals surface area contributed by atoms with Crippen LogP contribution in [0.25, 0.3) is 0 Å². The maximum atomic E-state index is 12.5. The number of nitrogens with one attached hydrogen (secondary N) is 2. The molecule has 6 heteroatoms. The molecule has 0 saturated carbocycles. The Kier molecular flexibility index (Phi) is 5.12. The van der Waals surface area contributed by atoms with Crippen LogP contribution < -0.4 is 15.4 Å². The van der Waals surface area contributed by atoms with Gasteiger partial charge in [0.1, 0.15) is 11.4 Å². The standard InChI is InChI=1S/C20H20N4O2/c1-13-7-8-17(14(2)11-13)23-19(25)18-9-10-21-20(24-18)22-15-5-4-6-16(12-15)26-3/h4-12H,1-3H3,(H,23,25)(H,21,22,24).